The van der Waals surface area contributed by atoms with Crippen molar-refractivity contribution >= 4 is 21.4 Å². The van der Waals surface area contributed by atoms with Gasteiger partial charge in [-0.15, -0.1) is 0 Å². The molecule has 0 N–H and O–H groups in total. The zero-order valence-corrected chi connectivity index (χ0v) is 16.7. The van der Waals surface area contributed by atoms with E-state index in [9.17, 15) is 13.2 Å². The van der Waals surface area contributed by atoms with Gasteiger partial charge in [-0.1, -0.05) is 19.3 Å². The molecule has 1 saturated carbocycles. The van der Waals surface area contributed by atoms with E-state index in [0.717, 1.165) is 25.7 Å². The molecular formula is C20H27NO5S. The van der Waals surface area contributed by atoms with E-state index in [1.165, 1.54) is 18.9 Å². The number of nitrogens with zero attached hydrogens (tertiary/aromatic N) is 1. The van der Waals surface area contributed by atoms with E-state index in [0.29, 0.717) is 29.5 Å². The minimum Gasteiger partial charge on any atom is -0.497 e. The molecule has 0 aromatic heterocycles. The lowest BCUT2D eigenvalue weighted by molar-refractivity contribution is -0.120. The number of anilines is 1. The van der Waals surface area contributed by atoms with Crippen LogP contribution in [0.4, 0.5) is 5.69 Å². The van der Waals surface area contributed by atoms with Crippen LogP contribution in [0, 0.1) is 5.92 Å². The van der Waals surface area contributed by atoms with E-state index >= 15 is 0 Å². The molecule has 0 spiro atoms. The summed E-state index contributed by atoms with van der Waals surface area (Å²) in [5.74, 6) is 1.31. The van der Waals surface area contributed by atoms with Gasteiger partial charge in [-0.25, -0.2) is 8.42 Å². The molecule has 7 heteroatoms. The summed E-state index contributed by atoms with van der Waals surface area (Å²) in [6.07, 6.45) is 7.67. The minimum atomic E-state index is -3.29. The molecule has 1 aromatic carbocycles. The Kier molecular flexibility index (Phi) is 6.09. The van der Waals surface area contributed by atoms with E-state index in [-0.39, 0.29) is 11.7 Å². The quantitative estimate of drug-likeness (QED) is 0.741. The second-order valence-electron chi connectivity index (χ2n) is 7.24. The molecule has 1 aromatic rings. The molecule has 1 aliphatic heterocycles. The largest absolute Gasteiger partial charge is 0.497 e. The molecule has 2 aliphatic rings. The van der Waals surface area contributed by atoms with Crippen molar-refractivity contribution in [3.63, 3.8) is 0 Å². The molecule has 6 nitrogen and oxygen atoms in total. The average Bonchev–Trinajstić information content (AvgIpc) is 3.02. The van der Waals surface area contributed by atoms with Crippen LogP contribution in [0.15, 0.2) is 29.7 Å². The number of ether oxygens (including phenoxy) is 2. The number of carbonyl (C=O) groups excluding carboxylic acids is 1. The molecule has 3 rings (SSSR count). The monoisotopic (exact) mass is 393 g/mol. The van der Waals surface area contributed by atoms with Crippen molar-refractivity contribution < 1.29 is 22.7 Å². The number of amides is 1. The first-order chi connectivity index (χ1) is 12.9. The predicted molar refractivity (Wildman–Crippen MR) is 105 cm³/mol. The van der Waals surface area contributed by atoms with Crippen molar-refractivity contribution in [1.29, 1.82) is 0 Å². The predicted octanol–water partition coefficient (Wildman–Crippen LogP) is 3.32. The van der Waals surface area contributed by atoms with E-state index in [4.69, 9.17) is 9.47 Å². The van der Waals surface area contributed by atoms with Crippen LogP contribution < -0.4 is 14.4 Å². The van der Waals surface area contributed by atoms with Gasteiger partial charge in [0, 0.05) is 17.9 Å². The number of rotatable bonds is 6. The van der Waals surface area contributed by atoms with Crippen LogP contribution in [0.2, 0.25) is 0 Å². The number of sulfone groups is 1. The van der Waals surface area contributed by atoms with Crippen molar-refractivity contribution in [3.8, 4) is 11.5 Å². The molecule has 1 atom stereocenters. The molecule has 0 radical (unpaired) electrons. The second-order valence-corrected chi connectivity index (χ2v) is 9.17. The van der Waals surface area contributed by atoms with Gasteiger partial charge in [-0.2, -0.15) is 0 Å². The minimum absolute atomic E-state index is 0.0582. The third kappa shape index (κ3) is 4.64. The Morgan fingerprint density at radius 3 is 2.48 bits per heavy atom. The summed E-state index contributed by atoms with van der Waals surface area (Å²) in [6, 6.07) is 4.71. The Balaban J connectivity index is 1.92. The lowest BCUT2D eigenvalue weighted by Gasteiger charge is -2.31. The van der Waals surface area contributed by atoms with Crippen LogP contribution >= 0.6 is 0 Å². The number of hydrogen-bond acceptors (Lipinski definition) is 5. The van der Waals surface area contributed by atoms with Crippen molar-refractivity contribution in [2.45, 2.75) is 44.6 Å². The summed E-state index contributed by atoms with van der Waals surface area (Å²) in [7, 11) is -0.194. The highest BCUT2D eigenvalue weighted by molar-refractivity contribution is 7.94. The second kappa shape index (κ2) is 8.33. The number of hydrogen-bond donors (Lipinski definition) is 0. The highest BCUT2D eigenvalue weighted by Crippen LogP contribution is 2.36. The van der Waals surface area contributed by atoms with Crippen LogP contribution in [0.25, 0.3) is 0 Å². The fraction of sp³-hybridized carbons (Fsp3) is 0.550. The fourth-order valence-electron chi connectivity index (χ4n) is 3.94. The van der Waals surface area contributed by atoms with Gasteiger partial charge in [0.2, 0.25) is 5.91 Å². The first-order valence-corrected chi connectivity index (χ1v) is 11.1. The van der Waals surface area contributed by atoms with E-state index < -0.39 is 15.9 Å². The van der Waals surface area contributed by atoms with Gasteiger partial charge < -0.3 is 14.4 Å². The molecule has 0 saturated heterocycles. The van der Waals surface area contributed by atoms with Crippen LogP contribution in [0.5, 0.6) is 11.5 Å². The first kappa shape index (κ1) is 19.7. The highest BCUT2D eigenvalue weighted by atomic mass is 32.2. The van der Waals surface area contributed by atoms with Gasteiger partial charge in [0.15, 0.2) is 9.84 Å². The lowest BCUT2D eigenvalue weighted by Crippen LogP contribution is -2.42. The molecule has 0 bridgehead atoms. The standard InChI is InChI=1S/C20H27NO5S/c1-25-17-8-9-18(19(13-17)26-2)21(16-10-11-27(23,24)14-16)20(22)12-15-6-4-3-5-7-15/h8-11,13,15-16H,3-7,12,14H2,1-2H3/t16-/m1/s1. The van der Waals surface area contributed by atoms with Crippen molar-refractivity contribution in [2.24, 2.45) is 5.92 Å². The van der Waals surface area contributed by atoms with Crippen LogP contribution in [0.1, 0.15) is 38.5 Å². The maximum atomic E-state index is 13.2. The molecular weight excluding hydrogens is 366 g/mol. The molecule has 1 heterocycles. The topological polar surface area (TPSA) is 72.9 Å². The van der Waals surface area contributed by atoms with Gasteiger partial charge in [-0.05, 0) is 37.0 Å². The number of carbonyl (C=O) groups is 1. The summed E-state index contributed by atoms with van der Waals surface area (Å²) in [6.45, 7) is 0. The Hall–Kier alpha value is -2.02. The summed E-state index contributed by atoms with van der Waals surface area (Å²) in [5, 5.41) is 1.20. The molecule has 1 aliphatic carbocycles. The lowest BCUT2D eigenvalue weighted by atomic mass is 9.86. The first-order valence-electron chi connectivity index (χ1n) is 9.38. The van der Waals surface area contributed by atoms with E-state index in [1.807, 2.05) is 0 Å². The summed E-state index contributed by atoms with van der Waals surface area (Å²) < 4.78 is 34.6. The van der Waals surface area contributed by atoms with Crippen molar-refractivity contribution in [1.82, 2.24) is 0 Å². The Bertz CT molecular complexity index is 812. The molecule has 148 valence electrons. The van der Waals surface area contributed by atoms with Gasteiger partial charge in [0.25, 0.3) is 0 Å². The normalized spacial score (nSPS) is 21.8. The molecule has 1 amide bonds. The summed E-state index contributed by atoms with van der Waals surface area (Å²) >= 11 is 0. The van der Waals surface area contributed by atoms with Crippen LogP contribution in [-0.2, 0) is 14.6 Å². The van der Waals surface area contributed by atoms with E-state index in [1.54, 1.807) is 36.3 Å². The zero-order chi connectivity index (χ0) is 19.4. The van der Waals surface area contributed by atoms with Gasteiger partial charge in [-0.3, -0.25) is 4.79 Å². The van der Waals surface area contributed by atoms with Gasteiger partial charge >= 0.3 is 0 Å². The molecule has 0 unspecified atom stereocenters. The maximum absolute atomic E-state index is 13.2. The average molecular weight is 394 g/mol. The Labute approximate surface area is 161 Å². The smallest absolute Gasteiger partial charge is 0.227 e. The van der Waals surface area contributed by atoms with Gasteiger partial charge in [0.1, 0.15) is 11.5 Å². The van der Waals surface area contributed by atoms with Crippen molar-refractivity contribution in [3.05, 3.63) is 29.7 Å². The summed E-state index contributed by atoms with van der Waals surface area (Å²) in [4.78, 5) is 14.8. The van der Waals surface area contributed by atoms with E-state index in [2.05, 4.69) is 0 Å². The molecule has 1 fully saturated rings. The zero-order valence-electron chi connectivity index (χ0n) is 15.9. The Morgan fingerprint density at radius 1 is 1.15 bits per heavy atom. The van der Waals surface area contributed by atoms with Crippen molar-refractivity contribution in [2.75, 3.05) is 24.9 Å². The summed E-state index contributed by atoms with van der Waals surface area (Å²) in [5.41, 5.74) is 0.575. The van der Waals surface area contributed by atoms with Crippen LogP contribution in [-0.4, -0.2) is 40.3 Å². The SMILES string of the molecule is COc1ccc(N(C(=O)CC2CCCCC2)[C@@H]2C=CS(=O)(=O)C2)c(OC)c1. The van der Waals surface area contributed by atoms with Crippen LogP contribution in [0.3, 0.4) is 0 Å². The third-order valence-corrected chi connectivity index (χ3v) is 6.72. The number of benzene rings is 1. The molecule has 27 heavy (non-hydrogen) atoms. The highest BCUT2D eigenvalue weighted by Gasteiger charge is 2.34. The maximum Gasteiger partial charge on any atom is 0.227 e. The number of methoxy groups -OCH3 is 2. The fourth-order valence-corrected chi connectivity index (χ4v) is 5.21. The van der Waals surface area contributed by atoms with Gasteiger partial charge in [0.05, 0.1) is 31.7 Å². The Morgan fingerprint density at radius 2 is 1.89 bits per heavy atom. The third-order valence-electron chi connectivity index (χ3n) is 5.35.